The van der Waals surface area contributed by atoms with Crippen molar-refractivity contribution in [2.75, 3.05) is 30.8 Å². The van der Waals surface area contributed by atoms with Crippen molar-refractivity contribution in [2.45, 2.75) is 31.1 Å². The lowest BCUT2D eigenvalue weighted by molar-refractivity contribution is 0.417. The molecule has 100 valence electrons. The molecule has 0 amide bonds. The van der Waals surface area contributed by atoms with Gasteiger partial charge in [-0.05, 0) is 31.2 Å². The van der Waals surface area contributed by atoms with Gasteiger partial charge >= 0.3 is 0 Å². The average Bonchev–Trinajstić information content (AvgIpc) is 2.46. The third kappa shape index (κ3) is 3.89. The number of hydrogen-bond acceptors (Lipinski definition) is 4. The van der Waals surface area contributed by atoms with Crippen molar-refractivity contribution in [1.29, 1.82) is 0 Å². The van der Waals surface area contributed by atoms with Crippen LogP contribution in [-0.2, 0) is 0 Å². The van der Waals surface area contributed by atoms with Crippen LogP contribution in [0.1, 0.15) is 19.8 Å². The second kappa shape index (κ2) is 7.00. The molecule has 1 saturated heterocycles. The van der Waals surface area contributed by atoms with Gasteiger partial charge in [-0.25, -0.2) is 0 Å². The molecular weight excluding hydrogens is 242 g/mol. The predicted octanol–water partition coefficient (Wildman–Crippen LogP) is 2.39. The number of aromatic nitrogens is 1. The maximum atomic E-state index is 4.07. The molecule has 1 atom stereocenters. The zero-order chi connectivity index (χ0) is 12.8. The van der Waals surface area contributed by atoms with Gasteiger partial charge in [0.05, 0.1) is 0 Å². The highest BCUT2D eigenvalue weighted by atomic mass is 32.2. The maximum absolute atomic E-state index is 4.07. The Morgan fingerprint density at radius 1 is 1.39 bits per heavy atom. The van der Waals surface area contributed by atoms with Crippen molar-refractivity contribution in [2.24, 2.45) is 0 Å². The van der Waals surface area contributed by atoms with E-state index in [1.54, 1.807) is 0 Å². The molecule has 2 heterocycles. The van der Waals surface area contributed by atoms with E-state index in [9.17, 15) is 0 Å². The van der Waals surface area contributed by atoms with Crippen LogP contribution in [0.2, 0.25) is 0 Å². The van der Waals surface area contributed by atoms with Crippen molar-refractivity contribution in [1.82, 2.24) is 10.3 Å². The van der Waals surface area contributed by atoms with Gasteiger partial charge in [-0.1, -0.05) is 6.92 Å². The van der Waals surface area contributed by atoms with Crippen LogP contribution in [0.15, 0.2) is 24.5 Å². The molecule has 0 aromatic carbocycles. The summed E-state index contributed by atoms with van der Waals surface area (Å²) in [5, 5.41) is 4.40. The fraction of sp³-hybridized carbons (Fsp3) is 0.643. The minimum absolute atomic E-state index is 0.692. The van der Waals surface area contributed by atoms with Crippen LogP contribution < -0.4 is 10.2 Å². The molecule has 1 fully saturated rings. The fourth-order valence-electron chi connectivity index (χ4n) is 2.31. The zero-order valence-electron chi connectivity index (χ0n) is 11.3. The summed E-state index contributed by atoms with van der Waals surface area (Å²) < 4.78 is 0. The summed E-state index contributed by atoms with van der Waals surface area (Å²) in [6.45, 7) is 5.70. The van der Waals surface area contributed by atoms with E-state index >= 15 is 0 Å². The molecule has 1 aromatic rings. The molecule has 0 aliphatic carbocycles. The van der Waals surface area contributed by atoms with E-state index in [1.165, 1.54) is 18.5 Å². The lowest BCUT2D eigenvalue weighted by Crippen LogP contribution is -2.44. The highest BCUT2D eigenvalue weighted by molar-refractivity contribution is 7.99. The van der Waals surface area contributed by atoms with Crippen LogP contribution in [0.4, 0.5) is 5.69 Å². The average molecular weight is 265 g/mol. The van der Waals surface area contributed by atoms with Crippen molar-refractivity contribution < 1.29 is 0 Å². The van der Waals surface area contributed by atoms with Gasteiger partial charge in [0.2, 0.25) is 0 Å². The molecule has 1 N–H and O–H groups in total. The number of piperidine rings is 1. The number of hydrogen-bond donors (Lipinski definition) is 1. The molecule has 18 heavy (non-hydrogen) atoms. The highest BCUT2D eigenvalue weighted by Crippen LogP contribution is 2.19. The quantitative estimate of drug-likeness (QED) is 0.885. The van der Waals surface area contributed by atoms with Gasteiger partial charge in [-0.3, -0.25) is 4.98 Å². The van der Waals surface area contributed by atoms with Crippen molar-refractivity contribution in [3.8, 4) is 0 Å². The number of thioether (sulfide) groups is 1. The number of nitrogens with one attached hydrogen (secondary N) is 1. The second-order valence-corrected chi connectivity index (χ2v) is 6.20. The summed E-state index contributed by atoms with van der Waals surface area (Å²) in [6.07, 6.45) is 8.41. The molecular formula is C14H23N3S. The van der Waals surface area contributed by atoms with Crippen LogP contribution in [0.25, 0.3) is 0 Å². The monoisotopic (exact) mass is 265 g/mol. The Labute approximate surface area is 114 Å². The lowest BCUT2D eigenvalue weighted by atomic mass is 10.0. The van der Waals surface area contributed by atoms with Crippen LogP contribution in [-0.4, -0.2) is 42.2 Å². The van der Waals surface area contributed by atoms with E-state index in [4.69, 9.17) is 0 Å². The SMILES string of the molecule is CSC(C)CNC1CCN(c2ccncc2)CC1. The molecule has 0 radical (unpaired) electrons. The summed E-state index contributed by atoms with van der Waals surface area (Å²) in [7, 11) is 0. The molecule has 1 unspecified atom stereocenters. The Bertz CT molecular complexity index is 336. The molecule has 3 nitrogen and oxygen atoms in total. The first-order chi connectivity index (χ1) is 8.79. The Hall–Kier alpha value is -0.740. The predicted molar refractivity (Wildman–Crippen MR) is 80.5 cm³/mol. The van der Waals surface area contributed by atoms with Crippen LogP contribution >= 0.6 is 11.8 Å². The molecule has 0 saturated carbocycles. The number of anilines is 1. The summed E-state index contributed by atoms with van der Waals surface area (Å²) >= 11 is 1.93. The molecule has 1 aliphatic heterocycles. The number of rotatable bonds is 5. The largest absolute Gasteiger partial charge is 0.371 e. The Balaban J connectivity index is 1.75. The first kappa shape index (κ1) is 13.7. The lowest BCUT2D eigenvalue weighted by Gasteiger charge is -2.34. The third-order valence-electron chi connectivity index (χ3n) is 3.62. The molecule has 4 heteroatoms. The first-order valence-corrected chi connectivity index (χ1v) is 7.99. The summed E-state index contributed by atoms with van der Waals surface area (Å²) in [6, 6.07) is 4.89. The van der Waals surface area contributed by atoms with Gasteiger partial charge in [-0.15, -0.1) is 0 Å². The van der Waals surface area contributed by atoms with Crippen LogP contribution in [0.3, 0.4) is 0 Å². The first-order valence-electron chi connectivity index (χ1n) is 6.70. The summed E-state index contributed by atoms with van der Waals surface area (Å²) in [5.41, 5.74) is 1.31. The van der Waals surface area contributed by atoms with Gasteiger partial charge in [0.1, 0.15) is 0 Å². The van der Waals surface area contributed by atoms with E-state index < -0.39 is 0 Å². The Morgan fingerprint density at radius 2 is 2.06 bits per heavy atom. The third-order valence-corrected chi connectivity index (χ3v) is 4.59. The number of nitrogens with zero attached hydrogens (tertiary/aromatic N) is 2. The fourth-order valence-corrected chi connectivity index (χ4v) is 2.58. The maximum Gasteiger partial charge on any atom is 0.0397 e. The topological polar surface area (TPSA) is 28.2 Å². The van der Waals surface area contributed by atoms with Crippen LogP contribution in [0, 0.1) is 0 Å². The van der Waals surface area contributed by atoms with E-state index in [0.717, 1.165) is 19.6 Å². The smallest absolute Gasteiger partial charge is 0.0397 e. The van der Waals surface area contributed by atoms with Crippen molar-refractivity contribution in [3.05, 3.63) is 24.5 Å². The van der Waals surface area contributed by atoms with E-state index in [0.29, 0.717) is 11.3 Å². The zero-order valence-corrected chi connectivity index (χ0v) is 12.1. The van der Waals surface area contributed by atoms with Crippen molar-refractivity contribution >= 4 is 17.4 Å². The van der Waals surface area contributed by atoms with Crippen molar-refractivity contribution in [3.63, 3.8) is 0 Å². The Kier molecular flexibility index (Phi) is 5.32. The second-order valence-electron chi connectivity index (χ2n) is 4.92. The van der Waals surface area contributed by atoms with E-state index in [-0.39, 0.29) is 0 Å². The van der Waals surface area contributed by atoms with E-state index in [1.807, 2.05) is 24.2 Å². The van der Waals surface area contributed by atoms with Crippen LogP contribution in [0.5, 0.6) is 0 Å². The van der Waals surface area contributed by atoms with Gasteiger partial charge in [-0.2, -0.15) is 11.8 Å². The van der Waals surface area contributed by atoms with Gasteiger partial charge in [0, 0.05) is 49.0 Å². The van der Waals surface area contributed by atoms with Gasteiger partial charge < -0.3 is 10.2 Å². The number of pyridine rings is 1. The molecule has 0 bridgehead atoms. The normalized spacial score (nSPS) is 18.9. The Morgan fingerprint density at radius 3 is 2.67 bits per heavy atom. The molecule has 2 rings (SSSR count). The molecule has 1 aliphatic rings. The summed E-state index contributed by atoms with van der Waals surface area (Å²) in [4.78, 5) is 6.53. The highest BCUT2D eigenvalue weighted by Gasteiger charge is 2.19. The standard InChI is InChI=1S/C14H23N3S/c1-12(18-2)11-16-13-5-9-17(10-6-13)14-3-7-15-8-4-14/h3-4,7-8,12-13,16H,5-6,9-11H2,1-2H3. The van der Waals surface area contributed by atoms with Gasteiger partial charge in [0.25, 0.3) is 0 Å². The minimum atomic E-state index is 0.692. The summed E-state index contributed by atoms with van der Waals surface area (Å²) in [5.74, 6) is 0. The molecule has 0 spiro atoms. The van der Waals surface area contributed by atoms with Gasteiger partial charge in [0.15, 0.2) is 0 Å². The van der Waals surface area contributed by atoms with E-state index in [2.05, 4.69) is 40.5 Å². The molecule has 1 aromatic heterocycles. The minimum Gasteiger partial charge on any atom is -0.371 e.